The minimum atomic E-state index is -4.88. The van der Waals surface area contributed by atoms with E-state index in [1.165, 1.54) is 4.90 Å². The standard InChI is InChI=1S/C32H38F3N3O3/c1-5-23(13-21-9-7-6-8-10-21)25-14-27(25)38(29(40)32(33,34)35)24-15-31(16-24)19-37(20-31)18-22-11-12-26(36-17-22)28(39)41-30(2,3)4/h6-13,17,24-25,27H,5,14-16,18-20H2,1-4H3/b23-13+. The van der Waals surface area contributed by atoms with Crippen LogP contribution in [0.4, 0.5) is 13.2 Å². The SMILES string of the molecule is CC/C(=C\c1ccccc1)C1CC1N(C(=O)C(F)(F)F)C1CC2(C1)CN(Cc1ccc(C(=O)OC(C)(C)C)nc1)C2. The molecule has 2 heterocycles. The average Bonchev–Trinajstić information content (AvgIpc) is 3.64. The van der Waals surface area contributed by atoms with E-state index in [9.17, 15) is 22.8 Å². The summed E-state index contributed by atoms with van der Waals surface area (Å²) in [5, 5.41) is 0. The number of likely N-dealkylation sites (tertiary alicyclic amines) is 1. The quantitative estimate of drug-likeness (QED) is 0.351. The maximum absolute atomic E-state index is 13.7. The smallest absolute Gasteiger partial charge is 0.455 e. The van der Waals surface area contributed by atoms with Gasteiger partial charge in [-0.1, -0.05) is 55.0 Å². The first-order valence-electron chi connectivity index (χ1n) is 14.3. The minimum Gasteiger partial charge on any atom is -0.455 e. The van der Waals surface area contributed by atoms with Gasteiger partial charge in [0.25, 0.3) is 0 Å². The maximum atomic E-state index is 13.7. The second-order valence-electron chi connectivity index (χ2n) is 12.9. The highest BCUT2D eigenvalue weighted by molar-refractivity contribution is 5.87. The number of benzene rings is 1. The van der Waals surface area contributed by atoms with Crippen LogP contribution in [-0.2, 0) is 16.1 Å². The van der Waals surface area contributed by atoms with Gasteiger partial charge >= 0.3 is 18.1 Å². The van der Waals surface area contributed by atoms with Gasteiger partial charge in [0.05, 0.1) is 0 Å². The molecule has 5 rings (SSSR count). The largest absolute Gasteiger partial charge is 0.471 e. The van der Waals surface area contributed by atoms with Gasteiger partial charge in [-0.25, -0.2) is 9.78 Å². The molecule has 1 amide bonds. The van der Waals surface area contributed by atoms with Crippen LogP contribution < -0.4 is 0 Å². The number of aromatic nitrogens is 1. The molecule has 1 aromatic heterocycles. The zero-order valence-electron chi connectivity index (χ0n) is 24.1. The van der Waals surface area contributed by atoms with Crippen LogP contribution in [0.2, 0.25) is 0 Å². The van der Waals surface area contributed by atoms with Crippen molar-refractivity contribution >= 4 is 18.0 Å². The van der Waals surface area contributed by atoms with Gasteiger partial charge in [0, 0.05) is 43.8 Å². The maximum Gasteiger partial charge on any atom is 0.471 e. The van der Waals surface area contributed by atoms with Gasteiger partial charge < -0.3 is 9.64 Å². The Bertz CT molecular complexity index is 1290. The second kappa shape index (κ2) is 10.9. The summed E-state index contributed by atoms with van der Waals surface area (Å²) in [5.74, 6) is -2.20. The second-order valence-corrected chi connectivity index (χ2v) is 12.9. The highest BCUT2D eigenvalue weighted by Crippen LogP contribution is 2.55. The average molecular weight is 570 g/mol. The summed E-state index contributed by atoms with van der Waals surface area (Å²) in [4.78, 5) is 32.5. The first-order valence-corrected chi connectivity index (χ1v) is 14.3. The number of rotatable bonds is 8. The third-order valence-electron chi connectivity index (χ3n) is 8.31. The molecule has 2 saturated carbocycles. The lowest BCUT2D eigenvalue weighted by Gasteiger charge is -2.61. The van der Waals surface area contributed by atoms with E-state index in [4.69, 9.17) is 4.74 Å². The van der Waals surface area contributed by atoms with Crippen LogP contribution >= 0.6 is 0 Å². The summed E-state index contributed by atoms with van der Waals surface area (Å²) >= 11 is 0. The molecule has 3 aliphatic rings. The van der Waals surface area contributed by atoms with Crippen LogP contribution in [0, 0.1) is 11.3 Å². The summed E-state index contributed by atoms with van der Waals surface area (Å²) in [6, 6.07) is 12.5. The third-order valence-corrected chi connectivity index (χ3v) is 8.31. The van der Waals surface area contributed by atoms with Crippen molar-refractivity contribution in [2.24, 2.45) is 11.3 Å². The summed E-state index contributed by atoms with van der Waals surface area (Å²) in [6.07, 6.45) is 1.34. The van der Waals surface area contributed by atoms with Crippen molar-refractivity contribution in [3.05, 3.63) is 71.1 Å². The normalized spacial score (nSPS) is 22.6. The first-order chi connectivity index (χ1) is 19.3. The van der Waals surface area contributed by atoms with Crippen molar-refractivity contribution in [3.8, 4) is 0 Å². The molecule has 0 bridgehead atoms. The molecular weight excluding hydrogens is 531 g/mol. The molecule has 220 valence electrons. The summed E-state index contributed by atoms with van der Waals surface area (Å²) in [5.41, 5.74) is 2.68. The number of ether oxygens (including phenoxy) is 1. The molecule has 0 N–H and O–H groups in total. The van der Waals surface area contributed by atoms with E-state index in [2.05, 4.69) is 16.0 Å². The minimum absolute atomic E-state index is 0.0305. The first kappa shape index (κ1) is 29.3. The lowest BCUT2D eigenvalue weighted by Crippen LogP contribution is -2.67. The van der Waals surface area contributed by atoms with Gasteiger partial charge in [-0.2, -0.15) is 13.2 Å². The summed E-state index contributed by atoms with van der Waals surface area (Å²) in [6.45, 7) is 9.61. The Morgan fingerprint density at radius 1 is 1.10 bits per heavy atom. The predicted octanol–water partition coefficient (Wildman–Crippen LogP) is 6.27. The Morgan fingerprint density at radius 2 is 1.78 bits per heavy atom. The number of carbonyl (C=O) groups is 2. The molecule has 9 heteroatoms. The predicted molar refractivity (Wildman–Crippen MR) is 150 cm³/mol. The van der Waals surface area contributed by atoms with Gasteiger partial charge in [-0.3, -0.25) is 9.69 Å². The Balaban J connectivity index is 1.17. The molecule has 3 fully saturated rings. The van der Waals surface area contributed by atoms with E-state index in [0.717, 1.165) is 36.2 Å². The van der Waals surface area contributed by atoms with Gasteiger partial charge in [0.1, 0.15) is 11.3 Å². The van der Waals surface area contributed by atoms with Crippen molar-refractivity contribution in [1.82, 2.24) is 14.8 Å². The number of hydrogen-bond acceptors (Lipinski definition) is 5. The van der Waals surface area contributed by atoms with E-state index in [0.29, 0.717) is 25.8 Å². The molecule has 1 saturated heterocycles. The lowest BCUT2D eigenvalue weighted by molar-refractivity contribution is -0.197. The van der Waals surface area contributed by atoms with Crippen LogP contribution in [0.1, 0.15) is 75.0 Å². The molecule has 1 aromatic carbocycles. The zero-order chi connectivity index (χ0) is 29.6. The van der Waals surface area contributed by atoms with Crippen LogP contribution in [0.15, 0.2) is 54.2 Å². The highest BCUT2D eigenvalue weighted by atomic mass is 19.4. The zero-order valence-corrected chi connectivity index (χ0v) is 24.1. The number of halogens is 3. The fourth-order valence-corrected chi connectivity index (χ4v) is 6.49. The number of carbonyl (C=O) groups excluding carboxylic acids is 2. The van der Waals surface area contributed by atoms with E-state index in [1.54, 1.807) is 33.0 Å². The Kier molecular flexibility index (Phi) is 7.78. The van der Waals surface area contributed by atoms with Crippen molar-refractivity contribution in [2.75, 3.05) is 13.1 Å². The summed E-state index contributed by atoms with van der Waals surface area (Å²) in [7, 11) is 0. The molecule has 2 aromatic rings. The number of amides is 1. The van der Waals surface area contributed by atoms with Crippen molar-refractivity contribution < 1.29 is 27.5 Å². The Hall–Kier alpha value is -3.20. The number of alkyl halides is 3. The van der Waals surface area contributed by atoms with Gasteiger partial charge in [0.2, 0.25) is 0 Å². The summed E-state index contributed by atoms with van der Waals surface area (Å²) < 4.78 is 46.4. The monoisotopic (exact) mass is 569 g/mol. The number of pyridine rings is 1. The van der Waals surface area contributed by atoms with E-state index in [-0.39, 0.29) is 23.1 Å². The van der Waals surface area contributed by atoms with Gasteiger partial charge in [-0.05, 0) is 69.1 Å². The number of nitrogens with zero attached hydrogens (tertiary/aromatic N) is 3. The molecule has 1 spiro atoms. The molecule has 0 radical (unpaired) electrons. The number of esters is 1. The molecule has 41 heavy (non-hydrogen) atoms. The topological polar surface area (TPSA) is 62.7 Å². The lowest BCUT2D eigenvalue weighted by atomic mass is 9.60. The van der Waals surface area contributed by atoms with Gasteiger partial charge in [0.15, 0.2) is 0 Å². The van der Waals surface area contributed by atoms with Crippen molar-refractivity contribution in [3.63, 3.8) is 0 Å². The molecule has 2 unspecified atom stereocenters. The molecule has 2 atom stereocenters. The van der Waals surface area contributed by atoms with Crippen LogP contribution in [0.3, 0.4) is 0 Å². The molecule has 6 nitrogen and oxygen atoms in total. The molecule has 1 aliphatic heterocycles. The number of hydrogen-bond donors (Lipinski definition) is 0. The van der Waals surface area contributed by atoms with Crippen molar-refractivity contribution in [2.45, 2.75) is 83.8 Å². The molecule has 2 aliphatic carbocycles. The fourth-order valence-electron chi connectivity index (χ4n) is 6.49. The fraction of sp³-hybridized carbons (Fsp3) is 0.531. The van der Waals surface area contributed by atoms with E-state index < -0.39 is 29.7 Å². The van der Waals surface area contributed by atoms with E-state index >= 15 is 0 Å². The highest BCUT2D eigenvalue weighted by Gasteiger charge is 2.61. The van der Waals surface area contributed by atoms with Crippen LogP contribution in [0.5, 0.6) is 0 Å². The van der Waals surface area contributed by atoms with Gasteiger partial charge in [-0.15, -0.1) is 0 Å². The van der Waals surface area contributed by atoms with Crippen LogP contribution in [0.25, 0.3) is 6.08 Å². The van der Waals surface area contributed by atoms with Crippen molar-refractivity contribution in [1.29, 1.82) is 0 Å². The Labute approximate surface area is 239 Å². The van der Waals surface area contributed by atoms with Crippen LogP contribution in [-0.4, -0.2) is 63.6 Å². The third kappa shape index (κ3) is 6.66. The van der Waals surface area contributed by atoms with E-state index in [1.807, 2.05) is 43.3 Å². The molecular formula is C32H38F3N3O3. The Morgan fingerprint density at radius 3 is 2.34 bits per heavy atom.